The Morgan fingerprint density at radius 2 is 2.14 bits per heavy atom. The highest BCUT2D eigenvalue weighted by Gasteiger charge is 2.24. The molecule has 1 aliphatic rings. The van der Waals surface area contributed by atoms with Crippen LogP contribution in [0, 0.1) is 13.8 Å². The lowest BCUT2D eigenvalue weighted by molar-refractivity contribution is -0.126. The molecule has 5 nitrogen and oxygen atoms in total. The van der Waals surface area contributed by atoms with Gasteiger partial charge in [0.25, 0.3) is 0 Å². The number of rotatable bonds is 5. The Hall–Kier alpha value is -1.07. The van der Waals surface area contributed by atoms with Crippen molar-refractivity contribution in [1.29, 1.82) is 0 Å². The topological polar surface area (TPSA) is 50.2 Å². The van der Waals surface area contributed by atoms with Crippen LogP contribution in [0.3, 0.4) is 0 Å². The maximum atomic E-state index is 12.3. The highest BCUT2D eigenvalue weighted by Crippen LogP contribution is 2.19. The van der Waals surface area contributed by atoms with Crippen LogP contribution in [-0.2, 0) is 11.3 Å². The van der Waals surface area contributed by atoms with E-state index in [0.29, 0.717) is 6.54 Å². The summed E-state index contributed by atoms with van der Waals surface area (Å²) in [5.41, 5.74) is 1.86. The van der Waals surface area contributed by atoms with E-state index in [2.05, 4.69) is 15.3 Å². The van der Waals surface area contributed by atoms with Crippen molar-refractivity contribution in [3.63, 3.8) is 0 Å². The van der Waals surface area contributed by atoms with Crippen LogP contribution >= 0.6 is 11.6 Å². The maximum absolute atomic E-state index is 12.3. The molecule has 1 aliphatic heterocycles. The third kappa shape index (κ3) is 4.23. The molecular formula is C16H27ClN4O. The molecule has 0 radical (unpaired) electrons. The first-order chi connectivity index (χ1) is 10.5. The SMILES string of the molecule is Cc1nn(CCCNC(=O)[C@@H]2CCCCCN2C)c(C)c1Cl. The predicted molar refractivity (Wildman–Crippen MR) is 89.2 cm³/mol. The second-order valence-electron chi connectivity index (χ2n) is 6.20. The number of nitrogens with one attached hydrogen (secondary N) is 1. The molecule has 0 aromatic carbocycles. The number of aromatic nitrogens is 2. The van der Waals surface area contributed by atoms with Crippen molar-refractivity contribution in [3.8, 4) is 0 Å². The second-order valence-corrected chi connectivity index (χ2v) is 6.58. The second kappa shape index (κ2) is 7.97. The first-order valence-electron chi connectivity index (χ1n) is 8.18. The molecule has 2 heterocycles. The van der Waals surface area contributed by atoms with Gasteiger partial charge in [0, 0.05) is 13.1 Å². The number of halogens is 1. The molecule has 22 heavy (non-hydrogen) atoms. The highest BCUT2D eigenvalue weighted by atomic mass is 35.5. The minimum Gasteiger partial charge on any atom is -0.355 e. The molecule has 1 N–H and O–H groups in total. The van der Waals surface area contributed by atoms with E-state index in [0.717, 1.165) is 48.8 Å². The summed E-state index contributed by atoms with van der Waals surface area (Å²) in [4.78, 5) is 14.5. The van der Waals surface area contributed by atoms with Crippen LogP contribution in [0.2, 0.25) is 5.02 Å². The molecule has 1 aromatic heterocycles. The molecular weight excluding hydrogens is 300 g/mol. The first kappa shape index (κ1) is 17.3. The van der Waals surface area contributed by atoms with Gasteiger partial charge < -0.3 is 5.32 Å². The summed E-state index contributed by atoms with van der Waals surface area (Å²) in [7, 11) is 2.05. The van der Waals surface area contributed by atoms with Gasteiger partial charge in [-0.15, -0.1) is 0 Å². The Morgan fingerprint density at radius 3 is 2.82 bits per heavy atom. The van der Waals surface area contributed by atoms with Crippen molar-refractivity contribution in [2.45, 2.75) is 58.5 Å². The molecule has 0 aliphatic carbocycles. The third-order valence-corrected chi connectivity index (χ3v) is 5.01. The Balaban J connectivity index is 1.75. The molecule has 1 atom stereocenters. The molecule has 1 saturated heterocycles. The largest absolute Gasteiger partial charge is 0.355 e. The van der Waals surface area contributed by atoms with Crippen molar-refractivity contribution in [2.24, 2.45) is 0 Å². The van der Waals surface area contributed by atoms with Crippen LogP contribution in [0.25, 0.3) is 0 Å². The zero-order chi connectivity index (χ0) is 16.1. The van der Waals surface area contributed by atoms with Gasteiger partial charge in [-0.25, -0.2) is 0 Å². The lowest BCUT2D eigenvalue weighted by Gasteiger charge is -2.24. The molecule has 6 heteroatoms. The fourth-order valence-corrected chi connectivity index (χ4v) is 3.17. The van der Waals surface area contributed by atoms with E-state index in [9.17, 15) is 4.79 Å². The molecule has 0 bridgehead atoms. The predicted octanol–water partition coefficient (Wildman–Crippen LogP) is 2.53. The molecule has 0 unspecified atom stereocenters. The van der Waals surface area contributed by atoms with Crippen LogP contribution in [0.5, 0.6) is 0 Å². The molecule has 1 fully saturated rings. The van der Waals surface area contributed by atoms with E-state index in [4.69, 9.17) is 11.6 Å². The highest BCUT2D eigenvalue weighted by molar-refractivity contribution is 6.31. The average molecular weight is 327 g/mol. The van der Waals surface area contributed by atoms with Gasteiger partial charge in [-0.2, -0.15) is 5.10 Å². The zero-order valence-electron chi connectivity index (χ0n) is 13.9. The molecule has 0 saturated carbocycles. The van der Waals surface area contributed by atoms with Gasteiger partial charge in [0.05, 0.1) is 22.5 Å². The van der Waals surface area contributed by atoms with E-state index in [-0.39, 0.29) is 11.9 Å². The van der Waals surface area contributed by atoms with Crippen LogP contribution in [0.1, 0.15) is 43.5 Å². The Labute approximate surface area is 138 Å². The molecule has 2 rings (SSSR count). The van der Waals surface area contributed by atoms with Gasteiger partial charge >= 0.3 is 0 Å². The first-order valence-corrected chi connectivity index (χ1v) is 8.56. The number of hydrogen-bond donors (Lipinski definition) is 1. The molecule has 124 valence electrons. The minimum atomic E-state index is 0.0330. The number of carbonyl (C=O) groups is 1. The average Bonchev–Trinajstić information content (AvgIpc) is 2.68. The fraction of sp³-hybridized carbons (Fsp3) is 0.750. The number of carbonyl (C=O) groups excluding carboxylic acids is 1. The van der Waals surface area contributed by atoms with Crippen molar-refractivity contribution < 1.29 is 4.79 Å². The quantitative estimate of drug-likeness (QED) is 0.846. The number of amides is 1. The van der Waals surface area contributed by atoms with E-state index in [1.54, 1.807) is 0 Å². The molecule has 1 aromatic rings. The van der Waals surface area contributed by atoms with Crippen molar-refractivity contribution in [1.82, 2.24) is 20.0 Å². The van der Waals surface area contributed by atoms with Gasteiger partial charge in [0.15, 0.2) is 0 Å². The molecule has 1 amide bonds. The summed E-state index contributed by atoms with van der Waals surface area (Å²) in [6.07, 6.45) is 5.40. The van der Waals surface area contributed by atoms with Crippen LogP contribution in [-0.4, -0.2) is 46.8 Å². The number of likely N-dealkylation sites (tertiary alicyclic amines) is 1. The van der Waals surface area contributed by atoms with Gasteiger partial charge in [0.1, 0.15) is 0 Å². The van der Waals surface area contributed by atoms with Crippen molar-refractivity contribution in [2.75, 3.05) is 20.1 Å². The Morgan fingerprint density at radius 1 is 1.36 bits per heavy atom. The van der Waals surface area contributed by atoms with Gasteiger partial charge in [0.2, 0.25) is 5.91 Å². The summed E-state index contributed by atoms with van der Waals surface area (Å²) in [5.74, 6) is 0.163. The van der Waals surface area contributed by atoms with E-state index in [1.807, 2.05) is 25.6 Å². The summed E-state index contributed by atoms with van der Waals surface area (Å²) in [5, 5.41) is 8.21. The summed E-state index contributed by atoms with van der Waals surface area (Å²) < 4.78 is 1.92. The summed E-state index contributed by atoms with van der Waals surface area (Å²) >= 11 is 6.14. The lowest BCUT2D eigenvalue weighted by Crippen LogP contribution is -2.45. The van der Waals surface area contributed by atoms with Crippen molar-refractivity contribution in [3.05, 3.63) is 16.4 Å². The van der Waals surface area contributed by atoms with Crippen molar-refractivity contribution >= 4 is 17.5 Å². The number of likely N-dealkylation sites (N-methyl/N-ethyl adjacent to an activating group) is 1. The van der Waals surface area contributed by atoms with Gasteiger partial charge in [-0.1, -0.05) is 24.4 Å². The third-order valence-electron chi connectivity index (χ3n) is 4.46. The maximum Gasteiger partial charge on any atom is 0.237 e. The number of aryl methyl sites for hydroxylation is 2. The monoisotopic (exact) mass is 326 g/mol. The van der Waals surface area contributed by atoms with Crippen LogP contribution in [0.15, 0.2) is 0 Å². The standard InChI is InChI=1S/C16H27ClN4O/c1-12-15(17)13(2)21(19-12)11-7-9-18-16(22)14-8-5-4-6-10-20(14)3/h14H,4-11H2,1-3H3,(H,18,22)/t14-/m0/s1. The summed E-state index contributed by atoms with van der Waals surface area (Å²) in [6, 6.07) is 0.0330. The van der Waals surface area contributed by atoms with Crippen LogP contribution < -0.4 is 5.32 Å². The summed E-state index contributed by atoms with van der Waals surface area (Å²) in [6.45, 7) is 6.36. The van der Waals surface area contributed by atoms with E-state index < -0.39 is 0 Å². The number of hydrogen-bond acceptors (Lipinski definition) is 3. The van der Waals surface area contributed by atoms with Crippen LogP contribution in [0.4, 0.5) is 0 Å². The normalized spacial score (nSPS) is 19.9. The van der Waals surface area contributed by atoms with Gasteiger partial charge in [-0.05, 0) is 46.7 Å². The minimum absolute atomic E-state index is 0.0330. The fourth-order valence-electron chi connectivity index (χ4n) is 3.03. The van der Waals surface area contributed by atoms with E-state index >= 15 is 0 Å². The zero-order valence-corrected chi connectivity index (χ0v) is 14.6. The Kier molecular flexibility index (Phi) is 6.26. The Bertz CT molecular complexity index is 514. The lowest BCUT2D eigenvalue weighted by atomic mass is 10.1. The smallest absolute Gasteiger partial charge is 0.237 e. The number of nitrogens with zero attached hydrogens (tertiary/aromatic N) is 3. The van der Waals surface area contributed by atoms with E-state index in [1.165, 1.54) is 12.8 Å². The molecule has 0 spiro atoms. The van der Waals surface area contributed by atoms with Gasteiger partial charge in [-0.3, -0.25) is 14.4 Å².